The molecule has 0 amide bonds. The molecule has 36 heavy (non-hydrogen) atoms. The Morgan fingerprint density at radius 1 is 1.00 bits per heavy atom. The zero-order chi connectivity index (χ0) is 26.1. The third kappa shape index (κ3) is 4.53. The van der Waals surface area contributed by atoms with Crippen molar-refractivity contribution in [3.8, 4) is 0 Å². The molecule has 3 aromatic carbocycles. The van der Waals surface area contributed by atoms with E-state index in [2.05, 4.69) is 0 Å². The van der Waals surface area contributed by atoms with Gasteiger partial charge in [-0.05, 0) is 38.6 Å². The summed E-state index contributed by atoms with van der Waals surface area (Å²) in [7, 11) is -2.95. The van der Waals surface area contributed by atoms with E-state index < -0.39 is 33.5 Å². The summed E-state index contributed by atoms with van der Waals surface area (Å²) in [5, 5.41) is 1.16. The molecule has 8 nitrogen and oxygen atoms in total. The average Bonchev–Trinajstić information content (AvgIpc) is 3.06. The highest BCUT2D eigenvalue weighted by Crippen LogP contribution is 2.50. The van der Waals surface area contributed by atoms with Crippen LogP contribution in [0.4, 0.5) is 0 Å². The first-order valence-corrected chi connectivity index (χ1v) is 13.2. The molecule has 0 bridgehead atoms. The largest absolute Gasteiger partial charge is 0.462 e. The van der Waals surface area contributed by atoms with Crippen LogP contribution < -0.4 is 0 Å². The summed E-state index contributed by atoms with van der Waals surface area (Å²) in [4.78, 5) is 25.3. The van der Waals surface area contributed by atoms with Crippen molar-refractivity contribution in [2.24, 2.45) is 0 Å². The lowest BCUT2D eigenvalue weighted by Crippen LogP contribution is -2.58. The lowest BCUT2D eigenvalue weighted by molar-refractivity contribution is -0.425. The number of hydrogen-bond donors (Lipinski definition) is 0. The fourth-order valence-corrected chi connectivity index (χ4v) is 6.50. The smallest absolute Gasteiger partial charge is 0.363 e. The summed E-state index contributed by atoms with van der Waals surface area (Å²) in [6, 6.07) is 19.7. The lowest BCUT2D eigenvalue weighted by atomic mass is 9.98. The highest BCUT2D eigenvalue weighted by Gasteiger charge is 2.66. The second-order valence-electron chi connectivity index (χ2n) is 9.49. The van der Waals surface area contributed by atoms with Gasteiger partial charge in [0.25, 0.3) is 5.72 Å². The van der Waals surface area contributed by atoms with Crippen LogP contribution in [0.2, 0.25) is 0 Å². The molecule has 0 saturated carbocycles. The predicted octanol–water partition coefficient (Wildman–Crippen LogP) is 4.52. The second-order valence-corrected chi connectivity index (χ2v) is 11.2. The van der Waals surface area contributed by atoms with E-state index in [1.807, 2.05) is 42.5 Å². The van der Waals surface area contributed by atoms with Crippen LogP contribution in [0.25, 0.3) is 10.8 Å². The summed E-state index contributed by atoms with van der Waals surface area (Å²) in [6.07, 6.45) is -0.959. The summed E-state index contributed by atoms with van der Waals surface area (Å²) >= 11 is 0. The van der Waals surface area contributed by atoms with Gasteiger partial charge in [0.05, 0.1) is 17.1 Å². The molecule has 4 rings (SSSR count). The van der Waals surface area contributed by atoms with Gasteiger partial charge in [-0.2, -0.15) is 4.89 Å². The van der Waals surface area contributed by atoms with Crippen molar-refractivity contribution in [1.82, 2.24) is 4.31 Å². The maximum atomic E-state index is 14.3. The van der Waals surface area contributed by atoms with Gasteiger partial charge in [0, 0.05) is 24.5 Å². The van der Waals surface area contributed by atoms with Crippen LogP contribution >= 0.6 is 0 Å². The van der Waals surface area contributed by atoms with Crippen molar-refractivity contribution in [2.75, 3.05) is 13.7 Å². The molecule has 0 fully saturated rings. The molecular weight excluding hydrogens is 482 g/mol. The Balaban J connectivity index is 2.02. The zero-order valence-corrected chi connectivity index (χ0v) is 21.9. The number of rotatable bonds is 8. The summed E-state index contributed by atoms with van der Waals surface area (Å²) in [5.41, 5.74) is -2.21. The highest BCUT2D eigenvalue weighted by molar-refractivity contribution is 7.89. The molecule has 0 aliphatic carbocycles. The molecule has 0 N–H and O–H groups in total. The van der Waals surface area contributed by atoms with E-state index >= 15 is 0 Å². The summed E-state index contributed by atoms with van der Waals surface area (Å²) < 4.78 is 40.8. The minimum atomic E-state index is -4.34. The molecule has 3 aromatic rings. The van der Waals surface area contributed by atoms with Gasteiger partial charge in [-0.3, -0.25) is 0 Å². The molecule has 1 heterocycles. The normalized spacial score (nSPS) is 20.2. The number of nitrogens with zero attached hydrogens (tertiary/aromatic N) is 1. The topological polar surface area (TPSA) is 91.4 Å². The van der Waals surface area contributed by atoms with E-state index in [9.17, 15) is 13.2 Å². The lowest BCUT2D eigenvalue weighted by Gasteiger charge is -2.38. The Morgan fingerprint density at radius 3 is 2.31 bits per heavy atom. The Kier molecular flexibility index (Phi) is 7.23. The van der Waals surface area contributed by atoms with Gasteiger partial charge in [0.2, 0.25) is 10.0 Å². The summed E-state index contributed by atoms with van der Waals surface area (Å²) in [6.45, 7) is 6.85. The van der Waals surface area contributed by atoms with Crippen molar-refractivity contribution in [3.05, 3.63) is 77.9 Å². The van der Waals surface area contributed by atoms with E-state index in [4.69, 9.17) is 19.2 Å². The average molecular weight is 514 g/mol. The van der Waals surface area contributed by atoms with Crippen LogP contribution in [-0.2, 0) is 46.2 Å². The van der Waals surface area contributed by atoms with Gasteiger partial charge in [0.15, 0.2) is 0 Å². The number of methoxy groups -OCH3 is 1. The number of esters is 1. The van der Waals surface area contributed by atoms with Crippen LogP contribution in [0.5, 0.6) is 0 Å². The Bertz CT molecular complexity index is 1350. The van der Waals surface area contributed by atoms with Gasteiger partial charge in [-0.25, -0.2) is 18.1 Å². The van der Waals surface area contributed by atoms with Gasteiger partial charge in [-0.15, -0.1) is 4.31 Å². The van der Waals surface area contributed by atoms with Gasteiger partial charge in [-0.1, -0.05) is 66.7 Å². The van der Waals surface area contributed by atoms with E-state index in [-0.39, 0.29) is 23.5 Å². The third-order valence-corrected chi connectivity index (χ3v) is 7.79. The number of hydrogen-bond acceptors (Lipinski definition) is 7. The Hall–Kier alpha value is -2.82. The molecular formula is C27H31NO7S. The molecule has 2 unspecified atom stereocenters. The Morgan fingerprint density at radius 2 is 1.67 bits per heavy atom. The van der Waals surface area contributed by atoms with Crippen molar-refractivity contribution in [1.29, 1.82) is 0 Å². The maximum Gasteiger partial charge on any atom is 0.363 e. The molecule has 0 radical (unpaired) electrons. The van der Waals surface area contributed by atoms with Crippen molar-refractivity contribution in [2.45, 2.75) is 56.6 Å². The fourth-order valence-electron chi connectivity index (χ4n) is 4.34. The SMILES string of the molecule is CCOC(=O)C1(OOC(C)(C)C)c2ccc3ccccc3c2S(=O)(=O)N1C(Cc1ccccc1)OC. The monoisotopic (exact) mass is 513 g/mol. The van der Waals surface area contributed by atoms with Crippen LogP contribution in [0, 0.1) is 0 Å². The number of benzene rings is 3. The van der Waals surface area contributed by atoms with E-state index in [0.29, 0.717) is 10.8 Å². The number of sulfonamides is 1. The summed E-state index contributed by atoms with van der Waals surface area (Å²) in [5.74, 6) is -0.915. The van der Waals surface area contributed by atoms with Crippen molar-refractivity contribution in [3.63, 3.8) is 0 Å². The standard InChI is InChI=1S/C27H31NO7S/c1-6-33-25(29)27(35-34-26(2,3)4)22-17-16-20-14-10-11-15-21(20)24(22)36(30,31)28(27)23(32-5)18-19-12-8-7-9-13-19/h7-17,23H,6,18H2,1-5H3. The first-order valence-electron chi connectivity index (χ1n) is 11.7. The minimum absolute atomic E-state index is 0.00655. The molecule has 2 atom stereocenters. The second kappa shape index (κ2) is 9.91. The van der Waals surface area contributed by atoms with Crippen molar-refractivity contribution >= 4 is 26.8 Å². The number of fused-ring (bicyclic) bond motifs is 3. The first kappa shape index (κ1) is 26.2. The number of carbonyl (C=O) groups is 1. The highest BCUT2D eigenvalue weighted by atomic mass is 32.2. The fraction of sp³-hybridized carbons (Fsp3) is 0.370. The van der Waals surface area contributed by atoms with Gasteiger partial charge in [0.1, 0.15) is 6.23 Å². The molecule has 1 aliphatic rings. The molecule has 1 aliphatic heterocycles. The van der Waals surface area contributed by atoms with E-state index in [1.54, 1.807) is 52.0 Å². The molecule has 192 valence electrons. The Labute approximate surface area is 211 Å². The number of ether oxygens (including phenoxy) is 2. The first-order chi connectivity index (χ1) is 17.1. The maximum absolute atomic E-state index is 14.3. The van der Waals surface area contributed by atoms with Crippen LogP contribution in [-0.4, -0.2) is 44.2 Å². The van der Waals surface area contributed by atoms with Crippen LogP contribution in [0.1, 0.15) is 38.8 Å². The molecule has 9 heteroatoms. The zero-order valence-electron chi connectivity index (χ0n) is 21.1. The van der Waals surface area contributed by atoms with E-state index in [1.165, 1.54) is 7.11 Å². The van der Waals surface area contributed by atoms with Gasteiger partial charge < -0.3 is 9.47 Å². The molecule has 0 aromatic heterocycles. The minimum Gasteiger partial charge on any atom is -0.462 e. The third-order valence-electron chi connectivity index (χ3n) is 5.82. The van der Waals surface area contributed by atoms with Gasteiger partial charge >= 0.3 is 5.97 Å². The number of carbonyl (C=O) groups excluding carboxylic acids is 1. The van der Waals surface area contributed by atoms with Crippen LogP contribution in [0.15, 0.2) is 71.6 Å². The van der Waals surface area contributed by atoms with Crippen molar-refractivity contribution < 1.29 is 32.5 Å². The van der Waals surface area contributed by atoms with E-state index in [0.717, 1.165) is 9.87 Å². The molecule has 0 spiro atoms. The predicted molar refractivity (Wildman–Crippen MR) is 134 cm³/mol. The quantitative estimate of drug-likeness (QED) is 0.248. The van der Waals surface area contributed by atoms with Crippen LogP contribution in [0.3, 0.4) is 0 Å². The molecule has 0 saturated heterocycles.